The van der Waals surface area contributed by atoms with Crippen LogP contribution in [0.1, 0.15) is 24.5 Å². The van der Waals surface area contributed by atoms with E-state index in [4.69, 9.17) is 9.72 Å². The fraction of sp³-hybridized carbons (Fsp3) is 0.333. The van der Waals surface area contributed by atoms with E-state index in [1.165, 1.54) is 10.6 Å². The number of imidazole rings is 1. The Morgan fingerprint density at radius 1 is 1.14 bits per heavy atom. The summed E-state index contributed by atoms with van der Waals surface area (Å²) in [5.41, 5.74) is 2.79. The van der Waals surface area contributed by atoms with Gasteiger partial charge in [-0.2, -0.15) is 4.31 Å². The largest absolute Gasteiger partial charge is 0.497 e. The van der Waals surface area contributed by atoms with Gasteiger partial charge in [0.15, 0.2) is 5.03 Å². The van der Waals surface area contributed by atoms with Gasteiger partial charge in [-0.15, -0.1) is 0 Å². The van der Waals surface area contributed by atoms with E-state index in [9.17, 15) is 8.42 Å². The van der Waals surface area contributed by atoms with Crippen LogP contribution >= 0.6 is 0 Å². The van der Waals surface area contributed by atoms with Gasteiger partial charge < -0.3 is 9.30 Å². The van der Waals surface area contributed by atoms with Crippen molar-refractivity contribution in [2.24, 2.45) is 7.05 Å². The Morgan fingerprint density at radius 2 is 1.93 bits per heavy atom. The highest BCUT2D eigenvalue weighted by Crippen LogP contribution is 2.30. The summed E-state index contributed by atoms with van der Waals surface area (Å²) in [6.45, 7) is 0.922. The standard InChI is InChI=1S/C21H24N4O3S/c1-24-14-21(22-15-24)29(26,27)25-12-4-5-17(13-25)20-7-3-6-19(23-20)16-8-10-18(28-2)11-9-16/h3,6-11,14-15,17H,4-5,12-13H2,1-2H3/t17-/m0/s1. The summed E-state index contributed by atoms with van der Waals surface area (Å²) >= 11 is 0. The van der Waals surface area contributed by atoms with E-state index in [-0.39, 0.29) is 10.9 Å². The molecule has 1 fully saturated rings. The predicted octanol–water partition coefficient (Wildman–Crippen LogP) is 3.06. The quantitative estimate of drug-likeness (QED) is 0.644. The Balaban J connectivity index is 1.57. The van der Waals surface area contributed by atoms with Gasteiger partial charge in [0.05, 0.1) is 19.1 Å². The average molecular weight is 413 g/mol. The second-order valence-corrected chi connectivity index (χ2v) is 9.14. The number of sulfonamides is 1. The maximum atomic E-state index is 12.9. The van der Waals surface area contributed by atoms with Gasteiger partial charge in [0.2, 0.25) is 0 Å². The highest BCUT2D eigenvalue weighted by atomic mass is 32.2. The fourth-order valence-electron chi connectivity index (χ4n) is 3.66. The van der Waals surface area contributed by atoms with Crippen LogP contribution in [0.5, 0.6) is 5.75 Å². The molecule has 0 spiro atoms. The van der Waals surface area contributed by atoms with Gasteiger partial charge in [0.1, 0.15) is 5.75 Å². The third-order valence-electron chi connectivity index (χ3n) is 5.24. The van der Waals surface area contributed by atoms with Crippen molar-refractivity contribution < 1.29 is 13.2 Å². The molecule has 0 radical (unpaired) electrons. The molecule has 1 aliphatic rings. The van der Waals surface area contributed by atoms with Gasteiger partial charge >= 0.3 is 0 Å². The Labute approximate surface area is 171 Å². The van der Waals surface area contributed by atoms with Crippen molar-refractivity contribution in [1.82, 2.24) is 18.8 Å². The molecule has 0 amide bonds. The summed E-state index contributed by atoms with van der Waals surface area (Å²) in [4.78, 5) is 8.87. The SMILES string of the molecule is COc1ccc(-c2cccc([C@H]3CCCN(S(=O)(=O)c4cn(C)cn4)C3)n2)cc1. The van der Waals surface area contributed by atoms with Crippen LogP contribution in [0.15, 0.2) is 60.0 Å². The van der Waals surface area contributed by atoms with Gasteiger partial charge in [-0.05, 0) is 49.2 Å². The number of pyridine rings is 1. The first-order chi connectivity index (χ1) is 14.0. The molecule has 0 aliphatic carbocycles. The molecule has 29 heavy (non-hydrogen) atoms. The molecule has 4 rings (SSSR count). The molecule has 8 heteroatoms. The van der Waals surface area contributed by atoms with Crippen molar-refractivity contribution in [3.05, 3.63) is 60.7 Å². The minimum absolute atomic E-state index is 0.0560. The molecule has 3 aromatic rings. The van der Waals surface area contributed by atoms with Gasteiger partial charge in [0.25, 0.3) is 10.0 Å². The predicted molar refractivity (Wildman–Crippen MR) is 110 cm³/mol. The van der Waals surface area contributed by atoms with Crippen LogP contribution in [0.3, 0.4) is 0 Å². The van der Waals surface area contributed by atoms with E-state index < -0.39 is 10.0 Å². The smallest absolute Gasteiger partial charge is 0.262 e. The van der Waals surface area contributed by atoms with E-state index in [2.05, 4.69) is 4.98 Å². The first-order valence-electron chi connectivity index (χ1n) is 9.57. The van der Waals surface area contributed by atoms with Gasteiger partial charge in [-0.1, -0.05) is 6.07 Å². The molecule has 1 aliphatic heterocycles. The van der Waals surface area contributed by atoms with Crippen molar-refractivity contribution in [3.8, 4) is 17.0 Å². The summed E-state index contributed by atoms with van der Waals surface area (Å²) < 4.78 is 34.3. The zero-order valence-corrected chi connectivity index (χ0v) is 17.3. The minimum atomic E-state index is -3.59. The lowest BCUT2D eigenvalue weighted by Gasteiger charge is -2.31. The third kappa shape index (κ3) is 4.04. The van der Waals surface area contributed by atoms with Gasteiger partial charge in [-0.25, -0.2) is 13.4 Å². The lowest BCUT2D eigenvalue weighted by molar-refractivity contribution is 0.312. The number of hydrogen-bond donors (Lipinski definition) is 0. The van der Waals surface area contributed by atoms with Crippen LogP contribution in [0.2, 0.25) is 0 Å². The molecular formula is C21H24N4O3S. The summed E-state index contributed by atoms with van der Waals surface area (Å²) in [5.74, 6) is 0.855. The van der Waals surface area contributed by atoms with E-state index >= 15 is 0 Å². The molecule has 1 saturated heterocycles. The minimum Gasteiger partial charge on any atom is -0.497 e. The third-order valence-corrected chi connectivity index (χ3v) is 7.00. The maximum absolute atomic E-state index is 12.9. The van der Waals surface area contributed by atoms with E-state index in [0.717, 1.165) is 35.5 Å². The van der Waals surface area contributed by atoms with Crippen molar-refractivity contribution in [2.75, 3.05) is 20.2 Å². The number of piperidine rings is 1. The van der Waals surface area contributed by atoms with Crippen LogP contribution in [0.25, 0.3) is 11.3 Å². The summed E-state index contributed by atoms with van der Waals surface area (Å²) in [7, 11) is -0.188. The fourth-order valence-corrected chi connectivity index (χ4v) is 5.15. The number of rotatable bonds is 5. The number of ether oxygens (including phenoxy) is 1. The van der Waals surface area contributed by atoms with Crippen molar-refractivity contribution in [3.63, 3.8) is 0 Å². The number of nitrogens with zero attached hydrogens (tertiary/aromatic N) is 4. The molecule has 1 atom stereocenters. The summed E-state index contributed by atoms with van der Waals surface area (Å²) in [5, 5.41) is 0.0978. The first-order valence-corrected chi connectivity index (χ1v) is 11.0. The molecule has 7 nitrogen and oxygen atoms in total. The second-order valence-electron chi connectivity index (χ2n) is 7.26. The highest BCUT2D eigenvalue weighted by molar-refractivity contribution is 7.89. The van der Waals surface area contributed by atoms with Gasteiger partial charge in [-0.3, -0.25) is 4.98 Å². The maximum Gasteiger partial charge on any atom is 0.262 e. The molecule has 0 saturated carbocycles. The summed E-state index contributed by atoms with van der Waals surface area (Å²) in [6.07, 6.45) is 4.76. The van der Waals surface area contributed by atoms with E-state index in [1.54, 1.807) is 24.9 Å². The zero-order chi connectivity index (χ0) is 20.4. The number of aromatic nitrogens is 3. The summed E-state index contributed by atoms with van der Waals surface area (Å²) in [6, 6.07) is 13.7. The highest BCUT2D eigenvalue weighted by Gasteiger charge is 2.32. The zero-order valence-electron chi connectivity index (χ0n) is 16.5. The normalized spacial score (nSPS) is 17.9. The van der Waals surface area contributed by atoms with E-state index in [1.807, 2.05) is 42.5 Å². The van der Waals surface area contributed by atoms with Crippen LogP contribution in [-0.2, 0) is 17.1 Å². The molecule has 3 heterocycles. The Kier molecular flexibility index (Phi) is 5.38. The first kappa shape index (κ1) is 19.6. The van der Waals surface area contributed by atoms with Crippen molar-refractivity contribution >= 4 is 10.0 Å². The molecule has 2 aromatic heterocycles. The monoisotopic (exact) mass is 412 g/mol. The number of aryl methyl sites for hydroxylation is 1. The number of benzene rings is 1. The van der Waals surface area contributed by atoms with Crippen LogP contribution in [0.4, 0.5) is 0 Å². The lowest BCUT2D eigenvalue weighted by Crippen LogP contribution is -2.39. The number of hydrogen-bond acceptors (Lipinski definition) is 5. The Morgan fingerprint density at radius 3 is 2.62 bits per heavy atom. The van der Waals surface area contributed by atoms with Crippen LogP contribution in [-0.4, -0.2) is 47.5 Å². The van der Waals surface area contributed by atoms with Crippen molar-refractivity contribution in [2.45, 2.75) is 23.8 Å². The lowest BCUT2D eigenvalue weighted by atomic mass is 9.95. The topological polar surface area (TPSA) is 77.3 Å². The van der Waals surface area contributed by atoms with Crippen molar-refractivity contribution in [1.29, 1.82) is 0 Å². The second kappa shape index (κ2) is 7.96. The van der Waals surface area contributed by atoms with Crippen LogP contribution in [0, 0.1) is 0 Å². The van der Waals surface area contributed by atoms with Gasteiger partial charge in [0, 0.05) is 43.5 Å². The molecule has 152 valence electrons. The molecule has 0 N–H and O–H groups in total. The van der Waals surface area contributed by atoms with Crippen LogP contribution < -0.4 is 4.74 Å². The average Bonchev–Trinajstić information content (AvgIpc) is 3.21. The Bertz CT molecular complexity index is 1090. The molecular weight excluding hydrogens is 388 g/mol. The molecule has 0 unspecified atom stereocenters. The number of methoxy groups -OCH3 is 1. The Hall–Kier alpha value is -2.71. The van der Waals surface area contributed by atoms with E-state index in [0.29, 0.717) is 13.1 Å². The molecule has 1 aromatic carbocycles. The molecule has 0 bridgehead atoms.